The van der Waals surface area contributed by atoms with Gasteiger partial charge in [-0.3, -0.25) is 4.79 Å². The molecular weight excluding hydrogens is 377 g/mol. The zero-order chi connectivity index (χ0) is 19.7. The number of morpholine rings is 1. The van der Waals surface area contributed by atoms with Crippen LogP contribution in [0.15, 0.2) is 41.4 Å². The Morgan fingerprint density at radius 1 is 1.25 bits per heavy atom. The Morgan fingerprint density at radius 3 is 2.75 bits per heavy atom. The summed E-state index contributed by atoms with van der Waals surface area (Å²) in [5, 5.41) is 3.04. The summed E-state index contributed by atoms with van der Waals surface area (Å²) in [5.74, 6) is 1.28. The molecule has 1 N–H and O–H groups in total. The van der Waals surface area contributed by atoms with Crippen LogP contribution in [0.3, 0.4) is 0 Å². The Kier molecular flexibility index (Phi) is 5.55. The van der Waals surface area contributed by atoms with Crippen LogP contribution < -0.4 is 10.2 Å². The van der Waals surface area contributed by atoms with Gasteiger partial charge in [-0.25, -0.2) is 9.37 Å². The van der Waals surface area contributed by atoms with Crippen LogP contribution in [0.4, 0.5) is 10.2 Å². The molecule has 0 spiro atoms. The van der Waals surface area contributed by atoms with Crippen molar-refractivity contribution in [2.45, 2.75) is 43.4 Å². The molecule has 1 fully saturated rings. The predicted molar refractivity (Wildman–Crippen MR) is 108 cm³/mol. The van der Waals surface area contributed by atoms with Crippen LogP contribution in [0.5, 0.6) is 0 Å². The molecule has 4 rings (SSSR count). The van der Waals surface area contributed by atoms with E-state index in [1.54, 1.807) is 30.1 Å². The summed E-state index contributed by atoms with van der Waals surface area (Å²) in [6.45, 7) is 5.66. The minimum Gasteiger partial charge on any atom is -0.372 e. The van der Waals surface area contributed by atoms with Gasteiger partial charge < -0.3 is 15.0 Å². The fraction of sp³-hybridized carbons (Fsp3) is 0.429. The quantitative estimate of drug-likeness (QED) is 0.848. The first-order valence-electron chi connectivity index (χ1n) is 9.59. The third-order valence-electron chi connectivity index (χ3n) is 5.07. The normalized spacial score (nSPS) is 24.5. The molecule has 5 nitrogen and oxygen atoms in total. The molecule has 1 aromatic carbocycles. The molecule has 3 heterocycles. The number of nitrogens with zero attached hydrogens (tertiary/aromatic N) is 2. The summed E-state index contributed by atoms with van der Waals surface area (Å²) in [6, 6.07) is 8.27. The van der Waals surface area contributed by atoms with Gasteiger partial charge in [0.1, 0.15) is 11.6 Å². The molecule has 0 aliphatic carbocycles. The monoisotopic (exact) mass is 401 g/mol. The summed E-state index contributed by atoms with van der Waals surface area (Å²) in [7, 11) is 0. The van der Waals surface area contributed by atoms with Crippen molar-refractivity contribution in [1.82, 2.24) is 10.3 Å². The average Bonchev–Trinajstić information content (AvgIpc) is 2.68. The number of benzene rings is 1. The third kappa shape index (κ3) is 4.15. The van der Waals surface area contributed by atoms with E-state index in [2.05, 4.69) is 15.2 Å². The van der Waals surface area contributed by atoms with Crippen molar-refractivity contribution in [2.75, 3.05) is 23.7 Å². The first-order valence-corrected chi connectivity index (χ1v) is 10.6. The molecule has 7 heteroatoms. The number of carbonyl (C=O) groups excluding carboxylic acids is 1. The maximum Gasteiger partial charge on any atom is 0.253 e. The molecule has 0 saturated carbocycles. The Hall–Kier alpha value is -2.12. The molecule has 1 saturated heterocycles. The van der Waals surface area contributed by atoms with E-state index < -0.39 is 0 Å². The van der Waals surface area contributed by atoms with Crippen LogP contribution in [0.1, 0.15) is 42.2 Å². The van der Waals surface area contributed by atoms with E-state index in [0.29, 0.717) is 5.56 Å². The van der Waals surface area contributed by atoms with Gasteiger partial charge in [0.25, 0.3) is 5.91 Å². The highest BCUT2D eigenvalue weighted by molar-refractivity contribution is 7.99. The average molecular weight is 402 g/mol. The first kappa shape index (κ1) is 19.2. The fourth-order valence-electron chi connectivity index (χ4n) is 3.83. The van der Waals surface area contributed by atoms with E-state index in [0.717, 1.165) is 41.5 Å². The van der Waals surface area contributed by atoms with E-state index in [9.17, 15) is 9.18 Å². The fourth-order valence-corrected chi connectivity index (χ4v) is 4.93. The largest absolute Gasteiger partial charge is 0.372 e. The van der Waals surface area contributed by atoms with Crippen LogP contribution in [0, 0.1) is 5.82 Å². The molecule has 2 aliphatic rings. The number of rotatable bonds is 3. The number of hydrogen-bond acceptors (Lipinski definition) is 5. The minimum absolute atomic E-state index is 0.151. The van der Waals surface area contributed by atoms with Gasteiger partial charge in [-0.15, -0.1) is 11.8 Å². The molecule has 2 aromatic rings. The Balaban J connectivity index is 1.46. The Morgan fingerprint density at radius 2 is 2.04 bits per heavy atom. The zero-order valence-corrected chi connectivity index (χ0v) is 16.8. The van der Waals surface area contributed by atoms with Crippen molar-refractivity contribution in [3.63, 3.8) is 0 Å². The van der Waals surface area contributed by atoms with Gasteiger partial charge >= 0.3 is 0 Å². The lowest BCUT2D eigenvalue weighted by atomic mass is 10.0. The van der Waals surface area contributed by atoms with Crippen molar-refractivity contribution in [2.24, 2.45) is 0 Å². The number of ether oxygens (including phenoxy) is 1. The number of amides is 1. The van der Waals surface area contributed by atoms with Gasteiger partial charge in [0.15, 0.2) is 0 Å². The number of thioether (sulfide) groups is 1. The van der Waals surface area contributed by atoms with Crippen molar-refractivity contribution >= 4 is 23.5 Å². The van der Waals surface area contributed by atoms with E-state index >= 15 is 0 Å². The molecule has 3 atom stereocenters. The number of fused-ring (bicyclic) bond motifs is 1. The maximum atomic E-state index is 13.7. The summed E-state index contributed by atoms with van der Waals surface area (Å²) in [4.78, 5) is 20.4. The van der Waals surface area contributed by atoms with Gasteiger partial charge in [0.2, 0.25) is 0 Å². The zero-order valence-electron chi connectivity index (χ0n) is 16.0. The number of pyridine rings is 1. The van der Waals surface area contributed by atoms with Crippen LogP contribution in [-0.2, 0) is 4.74 Å². The van der Waals surface area contributed by atoms with Crippen molar-refractivity contribution in [3.05, 3.63) is 53.5 Å². The summed E-state index contributed by atoms with van der Waals surface area (Å²) in [5.41, 5.74) is 1.36. The lowest BCUT2D eigenvalue weighted by Crippen LogP contribution is -2.45. The maximum absolute atomic E-state index is 13.7. The van der Waals surface area contributed by atoms with Gasteiger partial charge in [-0.2, -0.15) is 0 Å². The topological polar surface area (TPSA) is 54.5 Å². The van der Waals surface area contributed by atoms with Gasteiger partial charge in [-0.05, 0) is 56.2 Å². The van der Waals surface area contributed by atoms with Crippen LogP contribution in [0.25, 0.3) is 0 Å². The summed E-state index contributed by atoms with van der Waals surface area (Å²) in [6.07, 6.45) is 2.69. The van der Waals surface area contributed by atoms with E-state index in [4.69, 9.17) is 4.74 Å². The van der Waals surface area contributed by atoms with Crippen molar-refractivity contribution < 1.29 is 13.9 Å². The lowest BCUT2D eigenvalue weighted by Gasteiger charge is -2.36. The van der Waals surface area contributed by atoms with Gasteiger partial charge in [-0.1, -0.05) is 0 Å². The highest BCUT2D eigenvalue weighted by Gasteiger charge is 2.25. The minimum atomic E-state index is -0.277. The third-order valence-corrected chi connectivity index (χ3v) is 6.19. The SMILES string of the molecule is C[C@@H]1CN(c2ccc(C(=O)N[C@H]3CCSc4ccc(F)cc43)cn2)C[C@H](C)O1. The number of carbonyl (C=O) groups is 1. The second kappa shape index (κ2) is 8.09. The van der Waals surface area contributed by atoms with E-state index in [1.165, 1.54) is 12.1 Å². The smallest absolute Gasteiger partial charge is 0.253 e. The number of anilines is 1. The van der Waals surface area contributed by atoms with Crippen molar-refractivity contribution in [3.8, 4) is 0 Å². The number of aromatic nitrogens is 1. The second-order valence-corrected chi connectivity index (χ2v) is 8.55. The highest BCUT2D eigenvalue weighted by Crippen LogP contribution is 2.36. The molecular formula is C21H24FN3O2S. The molecule has 0 unspecified atom stereocenters. The van der Waals surface area contributed by atoms with E-state index in [-0.39, 0.29) is 30.0 Å². The molecule has 1 aromatic heterocycles. The lowest BCUT2D eigenvalue weighted by molar-refractivity contribution is -0.00546. The van der Waals surface area contributed by atoms with Crippen LogP contribution >= 0.6 is 11.8 Å². The molecule has 28 heavy (non-hydrogen) atoms. The highest BCUT2D eigenvalue weighted by atomic mass is 32.2. The van der Waals surface area contributed by atoms with Crippen molar-refractivity contribution in [1.29, 1.82) is 0 Å². The van der Waals surface area contributed by atoms with E-state index in [1.807, 2.05) is 19.9 Å². The van der Waals surface area contributed by atoms with Crippen LogP contribution in [0.2, 0.25) is 0 Å². The Bertz CT molecular complexity index is 851. The van der Waals surface area contributed by atoms with Crippen LogP contribution in [-0.4, -0.2) is 41.9 Å². The summed E-state index contributed by atoms with van der Waals surface area (Å²) >= 11 is 1.70. The summed E-state index contributed by atoms with van der Waals surface area (Å²) < 4.78 is 19.4. The second-order valence-electron chi connectivity index (χ2n) is 7.41. The first-order chi connectivity index (χ1) is 13.5. The Labute approximate surface area is 168 Å². The molecule has 148 valence electrons. The predicted octanol–water partition coefficient (Wildman–Crippen LogP) is 3.80. The van der Waals surface area contributed by atoms with Gasteiger partial charge in [0, 0.05) is 29.9 Å². The number of hydrogen-bond donors (Lipinski definition) is 1. The number of nitrogens with one attached hydrogen (secondary N) is 1. The molecule has 0 bridgehead atoms. The standard InChI is InChI=1S/C21H24FN3O2S/c1-13-11-25(12-14(2)27-13)20-6-3-15(10-23-20)21(26)24-18-7-8-28-19-5-4-16(22)9-17(18)19/h3-6,9-10,13-14,18H,7-8,11-12H2,1-2H3,(H,24,26)/t13-,14+,18-/m0/s1. The molecule has 2 aliphatic heterocycles. The molecule has 1 amide bonds. The van der Waals surface area contributed by atoms with Gasteiger partial charge in [0.05, 0.1) is 23.8 Å². The molecule has 0 radical (unpaired) electrons. The number of halogens is 1.